The molecule has 0 amide bonds. The van der Waals surface area contributed by atoms with Gasteiger partial charge in [-0.1, -0.05) is 47.8 Å². The number of alkyl halides is 3. The summed E-state index contributed by atoms with van der Waals surface area (Å²) in [5.41, 5.74) is 0. The Balaban J connectivity index is 3.15. The van der Waals surface area contributed by atoms with Gasteiger partial charge < -0.3 is 4.74 Å². The van der Waals surface area contributed by atoms with Crippen molar-refractivity contribution in [3.05, 3.63) is 0 Å². The molecule has 4 heteroatoms. The highest BCUT2D eigenvalue weighted by Gasteiger charge is 2.15. The lowest BCUT2D eigenvalue weighted by atomic mass is 10.9. The van der Waals surface area contributed by atoms with Gasteiger partial charge in [-0.2, -0.15) is 0 Å². The third-order valence-corrected chi connectivity index (χ3v) is 0.995. The molecule has 0 saturated heterocycles. The highest BCUT2D eigenvalue weighted by Crippen LogP contribution is 2.32. The molecule has 0 fully saturated rings. The Hall–Kier alpha value is 1.40. The predicted molar refractivity (Wildman–Crippen MR) is 41.4 cm³/mol. The molecular weight excluding hydrogens is 292 g/mol. The van der Waals surface area contributed by atoms with E-state index in [0.29, 0.717) is 6.61 Å². The highest BCUT2D eigenvalue weighted by atomic mass is 80.0. The van der Waals surface area contributed by atoms with Crippen molar-refractivity contribution in [1.29, 1.82) is 0 Å². The number of rotatable bonds is 1. The van der Waals surface area contributed by atoms with E-state index in [2.05, 4.69) is 47.8 Å². The molecule has 0 aromatic rings. The number of halogens is 3. The van der Waals surface area contributed by atoms with Crippen molar-refractivity contribution in [2.45, 2.75) is 2.14 Å². The molecule has 0 rings (SSSR count). The fourth-order valence-electron chi connectivity index (χ4n) is 0.164. The Morgan fingerprint density at radius 1 is 1.43 bits per heavy atom. The summed E-state index contributed by atoms with van der Waals surface area (Å²) in [5, 5.41) is 0. The van der Waals surface area contributed by atoms with Crippen LogP contribution in [0, 0.1) is 0 Å². The van der Waals surface area contributed by atoms with E-state index >= 15 is 0 Å². The predicted octanol–water partition coefficient (Wildman–Crippen LogP) is 2.47. The first-order valence-corrected chi connectivity index (χ1v) is 4.00. The molecular formula is C3H5Br3O. The number of methoxy groups -OCH3 is 1. The average Bonchev–Trinajstić information content (AvgIpc) is 1.30. The minimum atomic E-state index is -0.234. The molecule has 0 bridgehead atoms. The summed E-state index contributed by atoms with van der Waals surface area (Å²) in [7, 11) is 1.64. The molecule has 0 atom stereocenters. The topological polar surface area (TPSA) is 9.23 Å². The van der Waals surface area contributed by atoms with E-state index < -0.39 is 0 Å². The van der Waals surface area contributed by atoms with E-state index in [1.165, 1.54) is 0 Å². The van der Waals surface area contributed by atoms with Gasteiger partial charge in [-0.05, 0) is 0 Å². The zero-order valence-corrected chi connectivity index (χ0v) is 8.51. The van der Waals surface area contributed by atoms with Crippen molar-refractivity contribution in [3.63, 3.8) is 0 Å². The van der Waals surface area contributed by atoms with Crippen molar-refractivity contribution in [2.75, 3.05) is 13.7 Å². The van der Waals surface area contributed by atoms with Gasteiger partial charge in [0, 0.05) is 7.11 Å². The summed E-state index contributed by atoms with van der Waals surface area (Å²) in [6.45, 7) is 0.590. The molecule has 1 nitrogen and oxygen atoms in total. The minimum absolute atomic E-state index is 0.234. The number of hydrogen-bond acceptors (Lipinski definition) is 1. The molecule has 0 radical (unpaired) electrons. The number of ether oxygens (including phenoxy) is 1. The van der Waals surface area contributed by atoms with Gasteiger partial charge in [0.2, 0.25) is 0 Å². The third-order valence-electron chi connectivity index (χ3n) is 0.308. The second-order valence-electron chi connectivity index (χ2n) is 1.05. The molecule has 0 aliphatic heterocycles. The molecule has 0 aromatic carbocycles. The summed E-state index contributed by atoms with van der Waals surface area (Å²) < 4.78 is 4.53. The van der Waals surface area contributed by atoms with Gasteiger partial charge in [0.25, 0.3) is 0 Å². The lowest BCUT2D eigenvalue weighted by Gasteiger charge is -2.07. The smallest absolute Gasteiger partial charge is 0.158 e. The van der Waals surface area contributed by atoms with E-state index in [9.17, 15) is 0 Å². The van der Waals surface area contributed by atoms with E-state index in [4.69, 9.17) is 4.74 Å². The summed E-state index contributed by atoms with van der Waals surface area (Å²) in [6.07, 6.45) is 0. The van der Waals surface area contributed by atoms with Gasteiger partial charge in [-0.3, -0.25) is 0 Å². The van der Waals surface area contributed by atoms with Crippen LogP contribution in [0.2, 0.25) is 0 Å². The van der Waals surface area contributed by atoms with Crippen molar-refractivity contribution < 1.29 is 4.74 Å². The zero-order chi connectivity index (χ0) is 5.91. The van der Waals surface area contributed by atoms with Crippen molar-refractivity contribution in [3.8, 4) is 0 Å². The fraction of sp³-hybridized carbons (Fsp3) is 1.00. The Morgan fingerprint density at radius 2 is 1.86 bits per heavy atom. The van der Waals surface area contributed by atoms with Crippen LogP contribution in [0.4, 0.5) is 0 Å². The molecule has 7 heavy (non-hydrogen) atoms. The first-order valence-electron chi connectivity index (χ1n) is 1.62. The van der Waals surface area contributed by atoms with Gasteiger partial charge in [0.15, 0.2) is 2.14 Å². The monoisotopic (exact) mass is 294 g/mol. The van der Waals surface area contributed by atoms with E-state index in [0.717, 1.165) is 0 Å². The SMILES string of the molecule is COCC(Br)(Br)Br. The van der Waals surface area contributed by atoms with Crippen LogP contribution in [0.3, 0.4) is 0 Å². The highest BCUT2D eigenvalue weighted by molar-refractivity contribution is 9.39. The lowest BCUT2D eigenvalue weighted by molar-refractivity contribution is 0.212. The average molecular weight is 297 g/mol. The maximum Gasteiger partial charge on any atom is 0.158 e. The van der Waals surface area contributed by atoms with Gasteiger partial charge in [-0.15, -0.1) is 0 Å². The minimum Gasteiger partial charge on any atom is -0.381 e. The normalized spacial score (nSPS) is 12.0. The Labute approximate surface area is 68.2 Å². The molecule has 0 aliphatic carbocycles. The summed E-state index contributed by atoms with van der Waals surface area (Å²) in [6, 6.07) is 0. The second-order valence-corrected chi connectivity index (χ2v) is 8.30. The van der Waals surface area contributed by atoms with Crippen LogP contribution in [0.15, 0.2) is 0 Å². The van der Waals surface area contributed by atoms with E-state index in [-0.39, 0.29) is 2.14 Å². The first kappa shape index (κ1) is 8.40. The first-order chi connectivity index (χ1) is 3.06. The van der Waals surface area contributed by atoms with Crippen LogP contribution in [-0.4, -0.2) is 15.9 Å². The third kappa shape index (κ3) is 7.40. The van der Waals surface area contributed by atoms with Crippen LogP contribution in [-0.2, 0) is 4.74 Å². The van der Waals surface area contributed by atoms with Crippen LogP contribution in [0.1, 0.15) is 0 Å². The molecule has 0 heterocycles. The summed E-state index contributed by atoms with van der Waals surface area (Å²) in [4.78, 5) is 0. The molecule has 44 valence electrons. The second kappa shape index (κ2) is 3.43. The molecule has 0 unspecified atom stereocenters. The van der Waals surface area contributed by atoms with Crippen LogP contribution in [0.25, 0.3) is 0 Å². The Morgan fingerprint density at radius 3 is 1.86 bits per heavy atom. The van der Waals surface area contributed by atoms with Crippen LogP contribution < -0.4 is 0 Å². The standard InChI is InChI=1S/C3H5Br3O/c1-7-2-3(4,5)6/h2H2,1H3. The van der Waals surface area contributed by atoms with Gasteiger partial charge in [0.1, 0.15) is 0 Å². The van der Waals surface area contributed by atoms with Crippen molar-refractivity contribution >= 4 is 47.8 Å². The quantitative estimate of drug-likeness (QED) is 0.676. The summed E-state index contributed by atoms with van der Waals surface area (Å²) in [5.74, 6) is 0. The van der Waals surface area contributed by atoms with E-state index in [1.807, 2.05) is 0 Å². The Bertz CT molecular complexity index is 48.6. The van der Waals surface area contributed by atoms with Crippen LogP contribution >= 0.6 is 47.8 Å². The van der Waals surface area contributed by atoms with Gasteiger partial charge in [0.05, 0.1) is 6.61 Å². The number of hydrogen-bond donors (Lipinski definition) is 0. The van der Waals surface area contributed by atoms with Crippen LogP contribution in [0.5, 0.6) is 0 Å². The zero-order valence-electron chi connectivity index (χ0n) is 3.75. The maximum absolute atomic E-state index is 4.77. The van der Waals surface area contributed by atoms with E-state index in [1.54, 1.807) is 7.11 Å². The largest absolute Gasteiger partial charge is 0.381 e. The molecule has 0 spiro atoms. The molecule has 0 saturated carbocycles. The van der Waals surface area contributed by atoms with Crippen molar-refractivity contribution in [1.82, 2.24) is 0 Å². The lowest BCUT2D eigenvalue weighted by Crippen LogP contribution is -2.07. The Kier molecular flexibility index (Phi) is 4.12. The van der Waals surface area contributed by atoms with Gasteiger partial charge in [-0.25, -0.2) is 0 Å². The molecule has 0 N–H and O–H groups in total. The molecule has 0 aromatic heterocycles. The van der Waals surface area contributed by atoms with Gasteiger partial charge >= 0.3 is 0 Å². The summed E-state index contributed by atoms with van der Waals surface area (Å²) >= 11 is 9.74. The van der Waals surface area contributed by atoms with Crippen molar-refractivity contribution in [2.24, 2.45) is 0 Å². The molecule has 0 aliphatic rings. The fourth-order valence-corrected chi connectivity index (χ4v) is 0.850. The maximum atomic E-state index is 4.77.